The molecule has 1 atom stereocenters. The Bertz CT molecular complexity index is 403. The van der Waals surface area contributed by atoms with Crippen molar-refractivity contribution in [3.8, 4) is 0 Å². The number of benzene rings is 1. The minimum atomic E-state index is 0.104. The summed E-state index contributed by atoms with van der Waals surface area (Å²) in [6, 6.07) is 7.85. The molecule has 1 fully saturated rings. The molecule has 4 heteroatoms. The van der Waals surface area contributed by atoms with Gasteiger partial charge in [0.05, 0.1) is 6.42 Å². The van der Waals surface area contributed by atoms with E-state index in [4.69, 9.17) is 0 Å². The third-order valence-corrected chi connectivity index (χ3v) is 4.12. The maximum atomic E-state index is 11.8. The molecule has 0 spiro atoms. The van der Waals surface area contributed by atoms with E-state index in [0.717, 1.165) is 42.0 Å². The average molecular weight is 311 g/mol. The maximum Gasteiger partial charge on any atom is 0.224 e. The van der Waals surface area contributed by atoms with Crippen molar-refractivity contribution < 1.29 is 4.79 Å². The molecule has 18 heavy (non-hydrogen) atoms. The second-order valence-electron chi connectivity index (χ2n) is 4.77. The van der Waals surface area contributed by atoms with Crippen molar-refractivity contribution in [2.24, 2.45) is 5.92 Å². The van der Waals surface area contributed by atoms with E-state index in [9.17, 15) is 4.79 Å². The van der Waals surface area contributed by atoms with Gasteiger partial charge in [-0.05, 0) is 43.5 Å². The van der Waals surface area contributed by atoms with Gasteiger partial charge in [-0.2, -0.15) is 0 Å². The van der Waals surface area contributed by atoms with E-state index in [1.165, 1.54) is 6.42 Å². The van der Waals surface area contributed by atoms with Gasteiger partial charge in [0.1, 0.15) is 0 Å². The summed E-state index contributed by atoms with van der Waals surface area (Å²) in [6.07, 6.45) is 2.76. The average Bonchev–Trinajstić information content (AvgIpc) is 2.85. The van der Waals surface area contributed by atoms with E-state index in [1.807, 2.05) is 24.3 Å². The topological polar surface area (TPSA) is 41.1 Å². The summed E-state index contributed by atoms with van der Waals surface area (Å²) < 4.78 is 1.00. The molecule has 1 aromatic rings. The van der Waals surface area contributed by atoms with Crippen LogP contribution in [0.1, 0.15) is 18.4 Å². The first-order chi connectivity index (χ1) is 8.75. The number of nitrogens with one attached hydrogen (secondary N) is 2. The number of amides is 1. The van der Waals surface area contributed by atoms with Crippen LogP contribution in [-0.4, -0.2) is 25.5 Å². The van der Waals surface area contributed by atoms with Crippen LogP contribution in [0, 0.1) is 5.92 Å². The lowest BCUT2D eigenvalue weighted by Gasteiger charge is -2.10. The van der Waals surface area contributed by atoms with E-state index < -0.39 is 0 Å². The molecule has 1 saturated heterocycles. The monoisotopic (exact) mass is 310 g/mol. The Morgan fingerprint density at radius 3 is 3.00 bits per heavy atom. The largest absolute Gasteiger partial charge is 0.356 e. The van der Waals surface area contributed by atoms with Gasteiger partial charge in [-0.15, -0.1) is 0 Å². The Morgan fingerprint density at radius 1 is 1.44 bits per heavy atom. The highest BCUT2D eigenvalue weighted by atomic mass is 79.9. The highest BCUT2D eigenvalue weighted by Crippen LogP contribution is 2.16. The summed E-state index contributed by atoms with van der Waals surface area (Å²) in [5.74, 6) is 0.835. The number of carbonyl (C=O) groups is 1. The van der Waals surface area contributed by atoms with Crippen LogP contribution in [0.5, 0.6) is 0 Å². The third kappa shape index (κ3) is 4.10. The van der Waals surface area contributed by atoms with Crippen molar-refractivity contribution >= 4 is 21.8 Å². The molecule has 0 radical (unpaired) electrons. The number of carbonyl (C=O) groups excluding carboxylic acids is 1. The van der Waals surface area contributed by atoms with Crippen molar-refractivity contribution in [3.63, 3.8) is 0 Å². The first kappa shape index (κ1) is 13.6. The van der Waals surface area contributed by atoms with Crippen molar-refractivity contribution in [1.82, 2.24) is 10.6 Å². The SMILES string of the molecule is O=C(Cc1ccccc1Br)NCCC1CCNC1. The highest BCUT2D eigenvalue weighted by Gasteiger charge is 2.14. The lowest BCUT2D eigenvalue weighted by molar-refractivity contribution is -0.120. The van der Waals surface area contributed by atoms with Gasteiger partial charge in [0.2, 0.25) is 5.91 Å². The Kier molecular flexibility index (Phi) is 5.20. The first-order valence-corrected chi connectivity index (χ1v) is 7.26. The standard InChI is InChI=1S/C14H19BrN2O/c15-13-4-2-1-3-12(13)9-14(18)17-8-6-11-5-7-16-10-11/h1-4,11,16H,5-10H2,(H,17,18). The normalized spacial score (nSPS) is 18.8. The van der Waals surface area contributed by atoms with Gasteiger partial charge in [-0.3, -0.25) is 4.79 Å². The molecular weight excluding hydrogens is 292 g/mol. The van der Waals surface area contributed by atoms with Crippen LogP contribution >= 0.6 is 15.9 Å². The molecule has 0 saturated carbocycles. The second-order valence-corrected chi connectivity index (χ2v) is 5.62. The van der Waals surface area contributed by atoms with E-state index >= 15 is 0 Å². The fraction of sp³-hybridized carbons (Fsp3) is 0.500. The summed E-state index contributed by atoms with van der Waals surface area (Å²) in [4.78, 5) is 11.8. The molecule has 1 amide bonds. The first-order valence-electron chi connectivity index (χ1n) is 6.46. The van der Waals surface area contributed by atoms with Crippen molar-refractivity contribution in [1.29, 1.82) is 0 Å². The van der Waals surface area contributed by atoms with E-state index in [2.05, 4.69) is 26.6 Å². The third-order valence-electron chi connectivity index (χ3n) is 3.35. The van der Waals surface area contributed by atoms with Crippen LogP contribution in [-0.2, 0) is 11.2 Å². The van der Waals surface area contributed by atoms with Crippen LogP contribution in [0.25, 0.3) is 0 Å². The Hall–Kier alpha value is -0.870. The van der Waals surface area contributed by atoms with Gasteiger partial charge in [0.15, 0.2) is 0 Å². The van der Waals surface area contributed by atoms with E-state index in [1.54, 1.807) is 0 Å². The molecule has 0 bridgehead atoms. The summed E-state index contributed by atoms with van der Waals surface area (Å²) in [5, 5.41) is 6.34. The zero-order valence-electron chi connectivity index (χ0n) is 10.4. The Morgan fingerprint density at radius 2 is 2.28 bits per heavy atom. The molecule has 2 rings (SSSR count). The minimum absolute atomic E-state index is 0.104. The van der Waals surface area contributed by atoms with Crippen molar-refractivity contribution in [2.75, 3.05) is 19.6 Å². The van der Waals surface area contributed by atoms with Gasteiger partial charge in [-0.1, -0.05) is 34.1 Å². The molecule has 1 aliphatic rings. The maximum absolute atomic E-state index is 11.8. The number of halogens is 1. The zero-order chi connectivity index (χ0) is 12.8. The van der Waals surface area contributed by atoms with Gasteiger partial charge >= 0.3 is 0 Å². The molecule has 1 aromatic carbocycles. The lowest BCUT2D eigenvalue weighted by atomic mass is 10.1. The predicted molar refractivity (Wildman–Crippen MR) is 76.4 cm³/mol. The summed E-state index contributed by atoms with van der Waals surface area (Å²) in [7, 11) is 0. The van der Waals surface area contributed by atoms with Crippen LogP contribution in [0.2, 0.25) is 0 Å². The number of rotatable bonds is 5. The summed E-state index contributed by atoms with van der Waals surface area (Å²) in [6.45, 7) is 3.01. The zero-order valence-corrected chi connectivity index (χ0v) is 12.0. The molecule has 1 unspecified atom stereocenters. The molecule has 2 N–H and O–H groups in total. The van der Waals surface area contributed by atoms with Crippen LogP contribution in [0.3, 0.4) is 0 Å². The molecule has 0 aromatic heterocycles. The number of hydrogen-bond donors (Lipinski definition) is 2. The molecule has 1 aliphatic heterocycles. The van der Waals surface area contributed by atoms with Gasteiger partial charge in [-0.25, -0.2) is 0 Å². The van der Waals surface area contributed by atoms with Crippen LogP contribution < -0.4 is 10.6 Å². The highest BCUT2D eigenvalue weighted by molar-refractivity contribution is 9.10. The minimum Gasteiger partial charge on any atom is -0.356 e. The molecule has 98 valence electrons. The molecule has 3 nitrogen and oxygen atoms in total. The second kappa shape index (κ2) is 6.90. The Balaban J connectivity index is 1.70. The van der Waals surface area contributed by atoms with E-state index in [-0.39, 0.29) is 5.91 Å². The van der Waals surface area contributed by atoms with Crippen molar-refractivity contribution in [3.05, 3.63) is 34.3 Å². The number of hydrogen-bond acceptors (Lipinski definition) is 2. The van der Waals surface area contributed by atoms with Crippen LogP contribution in [0.4, 0.5) is 0 Å². The molecular formula is C14H19BrN2O. The fourth-order valence-electron chi connectivity index (χ4n) is 2.25. The summed E-state index contributed by atoms with van der Waals surface area (Å²) in [5.41, 5.74) is 1.04. The fourth-order valence-corrected chi connectivity index (χ4v) is 2.68. The summed E-state index contributed by atoms with van der Waals surface area (Å²) >= 11 is 3.46. The Labute approximate surface area is 116 Å². The van der Waals surface area contributed by atoms with Gasteiger partial charge in [0, 0.05) is 11.0 Å². The van der Waals surface area contributed by atoms with Crippen molar-refractivity contribution in [2.45, 2.75) is 19.3 Å². The predicted octanol–water partition coefficient (Wildman–Crippen LogP) is 2.11. The lowest BCUT2D eigenvalue weighted by Crippen LogP contribution is -2.27. The van der Waals surface area contributed by atoms with Gasteiger partial charge < -0.3 is 10.6 Å². The van der Waals surface area contributed by atoms with Gasteiger partial charge in [0.25, 0.3) is 0 Å². The molecule has 0 aliphatic carbocycles. The molecule has 1 heterocycles. The van der Waals surface area contributed by atoms with Crippen LogP contribution in [0.15, 0.2) is 28.7 Å². The quantitative estimate of drug-likeness (QED) is 0.874. The van der Waals surface area contributed by atoms with E-state index in [0.29, 0.717) is 6.42 Å². The smallest absolute Gasteiger partial charge is 0.224 e.